The van der Waals surface area contributed by atoms with Gasteiger partial charge >= 0.3 is 53.9 Å². The number of aromatic nitrogens is 10. The van der Waals surface area contributed by atoms with E-state index in [4.69, 9.17) is 72.7 Å². The van der Waals surface area contributed by atoms with Crippen molar-refractivity contribution in [2.75, 3.05) is 34.5 Å². The Balaban J connectivity index is 0. The van der Waals surface area contributed by atoms with Crippen molar-refractivity contribution in [3.05, 3.63) is 183 Å². The molecule has 32 heteroatoms. The van der Waals surface area contributed by atoms with Gasteiger partial charge in [0.25, 0.3) is 5.91 Å². The summed E-state index contributed by atoms with van der Waals surface area (Å²) in [6.07, 6.45) is 39.7. The molecule has 0 atom stereocenters. The Morgan fingerprint density at radius 3 is 1.29 bits per heavy atom. The summed E-state index contributed by atoms with van der Waals surface area (Å²) in [5.41, 5.74) is 7.06. The maximum Gasteiger partial charge on any atom is 2.00 e. The number of esters is 1. The molecule has 24 nitrogen and oxygen atoms in total. The van der Waals surface area contributed by atoms with Crippen molar-refractivity contribution in [1.82, 2.24) is 52.0 Å². The van der Waals surface area contributed by atoms with E-state index in [1.165, 1.54) is 107 Å². The molecule has 1 amide bonds. The van der Waals surface area contributed by atoms with E-state index in [9.17, 15) is 19.2 Å². The number of imidazole rings is 5. The molecule has 0 radical (unpaired) electrons. The third-order valence-corrected chi connectivity index (χ3v) is 16.1. The summed E-state index contributed by atoms with van der Waals surface area (Å²) in [5, 5.41) is 12.7. The largest absolute Gasteiger partial charge is 2.00 e. The Labute approximate surface area is 631 Å². The fraction of sp³-hybridized carbons (Fsp3) is 0.394. The second-order valence-electron chi connectivity index (χ2n) is 21.3. The van der Waals surface area contributed by atoms with Crippen molar-refractivity contribution in [2.24, 2.45) is 23.5 Å². The van der Waals surface area contributed by atoms with Crippen molar-refractivity contribution >= 4 is 132 Å². The minimum Gasteiger partial charge on any atom is -1.00 e. The number of rotatable bonds is 10. The summed E-state index contributed by atoms with van der Waals surface area (Å²) < 4.78 is 18.2. The van der Waals surface area contributed by atoms with Crippen LogP contribution in [0.4, 0.5) is 0 Å². The van der Waals surface area contributed by atoms with E-state index in [-0.39, 0.29) is 101 Å². The summed E-state index contributed by atoms with van der Waals surface area (Å²) >= 11 is 29.7. The standard InChI is InChI=1S/C14H15ClN2O.C14H17ClN2.C10H10ClN3O2.C10H9ClN2O2.C8H5ClN2O2.C6H11.C3H8O.CH4.ClH.Li.Mg.H4N2.3H2O/c15-11-6-12-8-16-9-17(12)13(7-11)14(18)10-4-2-1-3-5-10;15-12-7-13(6-11-4-2-1-3-5-11)17-10-16-9-14(17)8-12;1-13(16-2)10(15)9-4-7(11)3-8-5-12-6-14(8)9;1-2-15-10(14)9-4-7(11)3-8-5-12-6-13(8)9;9-5-1-6-3-10-4-11(6)7(2-5)8(12)13;1-2-4-6-5-3-1;1-3-4-2;;;;;1-2;;;/h6-10H,1-5H2;7-11H,1-6H2;3-6H,1-2H3;3-6H,2H2,1H3;1-4H,(H,12,13);1H,2-6H2;3H2,1-2H3;1H4;1H;;;1-2H2;3*1H2/q;;;;;-1;;;;+1;+2;;;;/p-2. The van der Waals surface area contributed by atoms with Crippen molar-refractivity contribution in [1.29, 1.82) is 0 Å². The fourth-order valence-corrected chi connectivity index (χ4v) is 11.6. The second kappa shape index (κ2) is 49.8. The Bertz CT molecular complexity index is 3920. The fourth-order valence-electron chi connectivity index (χ4n) is 10.5. The monoisotopic (exact) mass is 1480 g/mol. The van der Waals surface area contributed by atoms with Crippen LogP contribution in [0.3, 0.4) is 0 Å². The SMILES string of the molecule is C.CCOC.CCOC(=O)c1cc(Cl)cc2cncn12.CON(C)C(=O)c1cc(Cl)cc2cncn12.Clc1cc(CC2CCCCC2)n2cncc2c1.NN.O.O.O=C(O)c1cc(Cl)cc2cncn12.O=C(c1cc(Cl)cc2cncn12)C1CCCCC1.[CH-]1CCCCC1.[Cl-].[Li+].[Mg+2].[OH-]. The zero-order valence-electron chi connectivity index (χ0n) is 55.3. The first-order chi connectivity index (χ1) is 44.0. The summed E-state index contributed by atoms with van der Waals surface area (Å²) in [5.74, 6) is 7.48. The van der Waals surface area contributed by atoms with E-state index in [1.54, 1.807) is 103 Å². The van der Waals surface area contributed by atoms with Gasteiger partial charge in [-0.1, -0.05) is 136 Å². The van der Waals surface area contributed by atoms with E-state index in [1.807, 2.05) is 36.0 Å². The summed E-state index contributed by atoms with van der Waals surface area (Å²) in [4.78, 5) is 71.7. The Morgan fingerprint density at radius 1 is 0.551 bits per heavy atom. The number of ether oxygens (including phenoxy) is 2. The first kappa shape index (κ1) is 94.4. The number of amides is 1. The summed E-state index contributed by atoms with van der Waals surface area (Å²) in [6, 6.07) is 17.3. The van der Waals surface area contributed by atoms with Gasteiger partial charge in [0.1, 0.15) is 17.1 Å². The molecule has 0 saturated heterocycles. The molecular formula is C66H88Cl6LiMgN13O11. The summed E-state index contributed by atoms with van der Waals surface area (Å²) in [6.45, 7) is 4.87. The predicted octanol–water partition coefficient (Wildman–Crippen LogP) is 7.40. The molecule has 0 bridgehead atoms. The molecule has 3 fully saturated rings. The van der Waals surface area contributed by atoms with Gasteiger partial charge in [0, 0.05) is 57.5 Å². The van der Waals surface area contributed by atoms with Crippen LogP contribution in [0, 0.1) is 18.3 Å². The average molecular weight is 1480 g/mol. The number of carbonyl (C=O) groups excluding carboxylic acids is 3. The van der Waals surface area contributed by atoms with Crippen molar-refractivity contribution in [2.45, 2.75) is 124 Å². The molecule has 3 aliphatic carbocycles. The van der Waals surface area contributed by atoms with Gasteiger partial charge in [-0.3, -0.25) is 43.7 Å². The molecule has 10 aromatic rings. The van der Waals surface area contributed by atoms with Crippen LogP contribution in [-0.2, 0) is 20.7 Å². The van der Waals surface area contributed by atoms with Gasteiger partial charge in [0.2, 0.25) is 0 Å². The molecule has 0 aliphatic heterocycles. The van der Waals surface area contributed by atoms with Gasteiger partial charge in [-0.05, 0) is 99.7 Å². The number of hydrazine groups is 1. The van der Waals surface area contributed by atoms with Gasteiger partial charge in [-0.2, -0.15) is 12.8 Å². The van der Waals surface area contributed by atoms with Gasteiger partial charge in [-0.15, -0.1) is 0 Å². The Kier molecular flexibility index (Phi) is 48.0. The maximum atomic E-state index is 12.6. The molecule has 0 spiro atoms. The first-order valence-electron chi connectivity index (χ1n) is 30.0. The second-order valence-corrected chi connectivity index (χ2v) is 23.4. The van der Waals surface area contributed by atoms with Gasteiger partial charge in [0.15, 0.2) is 5.78 Å². The number of carboxylic acids is 1. The third kappa shape index (κ3) is 28.1. The molecule has 10 N–H and O–H groups in total. The Morgan fingerprint density at radius 2 is 0.898 bits per heavy atom. The normalized spacial score (nSPS) is 12.8. The molecule has 10 aromatic heterocycles. The molecule has 10 heterocycles. The number of nitrogens with zero attached hydrogens (tertiary/aromatic N) is 11. The van der Waals surface area contributed by atoms with Crippen molar-refractivity contribution < 1.29 is 86.3 Å². The number of carbonyl (C=O) groups is 4. The van der Waals surface area contributed by atoms with Crippen LogP contribution < -0.4 is 43.0 Å². The minimum atomic E-state index is -1.02. The zero-order chi connectivity index (χ0) is 65.8. The molecule has 13 rings (SSSR count). The number of hydroxylamine groups is 2. The third-order valence-electron chi connectivity index (χ3n) is 15.1. The maximum absolute atomic E-state index is 12.6. The van der Waals surface area contributed by atoms with Gasteiger partial charge in [-0.25, -0.2) is 39.6 Å². The number of aromatic carboxylic acids is 1. The van der Waals surface area contributed by atoms with Crippen molar-refractivity contribution in [3.63, 3.8) is 0 Å². The first-order valence-corrected chi connectivity index (χ1v) is 31.9. The van der Waals surface area contributed by atoms with Crippen LogP contribution in [0.2, 0.25) is 25.1 Å². The van der Waals surface area contributed by atoms with Crippen LogP contribution in [0.5, 0.6) is 0 Å². The molecule has 3 aliphatic rings. The number of hydrogen-bond acceptors (Lipinski definition) is 15. The number of methoxy groups -OCH3 is 1. The van der Waals surface area contributed by atoms with Gasteiger partial charge < -0.3 is 54.2 Å². The minimum absolute atomic E-state index is 0. The van der Waals surface area contributed by atoms with Crippen LogP contribution in [0.1, 0.15) is 165 Å². The number of Topliss-reactive ketones (excluding diaryl/α,β-unsaturated/α-hetero) is 1. The van der Waals surface area contributed by atoms with Crippen LogP contribution in [0.25, 0.3) is 27.6 Å². The number of halogens is 6. The Hall–Kier alpha value is -5.65. The number of carboxylic acid groups (broad SMARTS) is 1. The molecule has 98 heavy (non-hydrogen) atoms. The number of hydrogen-bond donors (Lipinski definition) is 3. The molecule has 0 unspecified atom stereocenters. The smallest absolute Gasteiger partial charge is 1.00 e. The topological polar surface area (TPSA) is 351 Å². The van der Waals surface area contributed by atoms with E-state index < -0.39 is 11.9 Å². The van der Waals surface area contributed by atoms with E-state index in [0.29, 0.717) is 49.3 Å². The van der Waals surface area contributed by atoms with Crippen LogP contribution >= 0.6 is 58.0 Å². The molecule has 0 aromatic carbocycles. The average Bonchev–Trinajstić information content (AvgIpc) is 1.08. The number of pyridine rings is 5. The quantitative estimate of drug-likeness (QED) is 0.0300. The molecule has 3 saturated carbocycles. The zero-order valence-corrected chi connectivity index (χ0v) is 61.3. The predicted molar refractivity (Wildman–Crippen MR) is 379 cm³/mol. The number of nitrogens with two attached hydrogens (primary N) is 2. The van der Waals surface area contributed by atoms with E-state index >= 15 is 0 Å². The van der Waals surface area contributed by atoms with Gasteiger partial charge in [0.05, 0.1) is 110 Å². The number of fused-ring (bicyclic) bond motifs is 5. The molecular weight excluding hydrogens is 1390 g/mol. The molecule has 528 valence electrons. The summed E-state index contributed by atoms with van der Waals surface area (Å²) in [7, 11) is 4.64. The van der Waals surface area contributed by atoms with E-state index in [0.717, 1.165) is 76.8 Å². The van der Waals surface area contributed by atoms with E-state index in [2.05, 4.69) is 58.2 Å². The van der Waals surface area contributed by atoms with Crippen molar-refractivity contribution in [3.8, 4) is 0 Å². The van der Waals surface area contributed by atoms with Crippen LogP contribution in [-0.4, -0.2) is 155 Å². The number of ketones is 1. The van der Waals surface area contributed by atoms with Crippen LogP contribution in [0.15, 0.2) is 123 Å².